The number of pyridine rings is 1. The molecule has 0 bridgehead atoms. The van der Waals surface area contributed by atoms with E-state index in [2.05, 4.69) is 30.2 Å². The van der Waals surface area contributed by atoms with Crippen LogP contribution in [0, 0.1) is 6.92 Å². The standard InChI is InChI=1S/C14H18N2O/c1-10(2)16-9-14-13(4-5-17-14)12-6-11(3)7-15-8-12/h4-8,10,16H,9H2,1-3H3. The second kappa shape index (κ2) is 5.15. The maximum Gasteiger partial charge on any atom is 0.125 e. The van der Waals surface area contributed by atoms with Crippen LogP contribution in [0.1, 0.15) is 25.2 Å². The van der Waals surface area contributed by atoms with Crippen molar-refractivity contribution in [1.29, 1.82) is 0 Å². The van der Waals surface area contributed by atoms with Gasteiger partial charge in [0.2, 0.25) is 0 Å². The third-order valence-electron chi connectivity index (χ3n) is 2.60. The Morgan fingerprint density at radius 3 is 2.88 bits per heavy atom. The molecule has 3 nitrogen and oxygen atoms in total. The summed E-state index contributed by atoms with van der Waals surface area (Å²) in [5.74, 6) is 0.964. The molecule has 0 aliphatic heterocycles. The lowest BCUT2D eigenvalue weighted by Crippen LogP contribution is -2.21. The molecule has 0 aliphatic carbocycles. The van der Waals surface area contributed by atoms with Crippen molar-refractivity contribution in [2.75, 3.05) is 0 Å². The van der Waals surface area contributed by atoms with Gasteiger partial charge in [0.25, 0.3) is 0 Å². The van der Waals surface area contributed by atoms with Crippen molar-refractivity contribution >= 4 is 0 Å². The Morgan fingerprint density at radius 2 is 2.18 bits per heavy atom. The summed E-state index contributed by atoms with van der Waals surface area (Å²) < 4.78 is 5.52. The van der Waals surface area contributed by atoms with E-state index in [9.17, 15) is 0 Å². The number of furan rings is 1. The molecule has 0 spiro atoms. The molecule has 0 aromatic carbocycles. The highest BCUT2D eigenvalue weighted by molar-refractivity contribution is 5.64. The molecule has 2 rings (SSSR count). The van der Waals surface area contributed by atoms with Crippen molar-refractivity contribution in [2.24, 2.45) is 0 Å². The van der Waals surface area contributed by atoms with Gasteiger partial charge in [-0.1, -0.05) is 13.8 Å². The third kappa shape index (κ3) is 2.94. The molecule has 0 fully saturated rings. The maximum atomic E-state index is 5.52. The molecule has 1 N–H and O–H groups in total. The molecule has 90 valence electrons. The predicted octanol–water partition coefficient (Wildman–Crippen LogP) is 3.15. The molecule has 0 amide bonds. The molecule has 0 radical (unpaired) electrons. The van der Waals surface area contributed by atoms with Gasteiger partial charge in [0.15, 0.2) is 0 Å². The van der Waals surface area contributed by atoms with E-state index in [1.165, 1.54) is 0 Å². The van der Waals surface area contributed by atoms with Crippen LogP contribution in [-0.4, -0.2) is 11.0 Å². The maximum absolute atomic E-state index is 5.52. The summed E-state index contributed by atoms with van der Waals surface area (Å²) in [4.78, 5) is 4.21. The van der Waals surface area contributed by atoms with Crippen LogP contribution in [0.4, 0.5) is 0 Å². The minimum absolute atomic E-state index is 0.448. The number of hydrogen-bond donors (Lipinski definition) is 1. The first-order valence-corrected chi connectivity index (χ1v) is 5.88. The van der Waals surface area contributed by atoms with Crippen LogP contribution in [0.25, 0.3) is 11.1 Å². The Bertz CT molecular complexity index is 488. The summed E-state index contributed by atoms with van der Waals surface area (Å²) in [5.41, 5.74) is 3.39. The Balaban J connectivity index is 2.24. The topological polar surface area (TPSA) is 38.1 Å². The summed E-state index contributed by atoms with van der Waals surface area (Å²) in [6.45, 7) is 7.03. The zero-order valence-electron chi connectivity index (χ0n) is 10.5. The summed E-state index contributed by atoms with van der Waals surface area (Å²) in [6, 6.07) is 4.56. The first kappa shape index (κ1) is 11.9. The normalized spacial score (nSPS) is 11.1. The van der Waals surface area contributed by atoms with Crippen molar-refractivity contribution in [2.45, 2.75) is 33.4 Å². The number of rotatable bonds is 4. The van der Waals surface area contributed by atoms with Gasteiger partial charge in [-0.15, -0.1) is 0 Å². The highest BCUT2D eigenvalue weighted by atomic mass is 16.3. The molecular weight excluding hydrogens is 212 g/mol. The molecule has 2 aromatic heterocycles. The van der Waals surface area contributed by atoms with Gasteiger partial charge in [-0.2, -0.15) is 0 Å². The van der Waals surface area contributed by atoms with E-state index >= 15 is 0 Å². The van der Waals surface area contributed by atoms with Crippen LogP contribution >= 0.6 is 0 Å². The lowest BCUT2D eigenvalue weighted by Gasteiger charge is -2.08. The number of nitrogens with zero attached hydrogens (tertiary/aromatic N) is 1. The monoisotopic (exact) mass is 230 g/mol. The van der Waals surface area contributed by atoms with Crippen molar-refractivity contribution in [3.05, 3.63) is 42.1 Å². The van der Waals surface area contributed by atoms with Gasteiger partial charge >= 0.3 is 0 Å². The van der Waals surface area contributed by atoms with Gasteiger partial charge in [0.1, 0.15) is 5.76 Å². The van der Waals surface area contributed by atoms with E-state index in [0.717, 1.165) is 29.0 Å². The van der Waals surface area contributed by atoms with Crippen LogP contribution in [-0.2, 0) is 6.54 Å². The van der Waals surface area contributed by atoms with Crippen LogP contribution in [0.3, 0.4) is 0 Å². The summed E-state index contributed by atoms with van der Waals surface area (Å²) >= 11 is 0. The molecule has 0 saturated heterocycles. The highest BCUT2D eigenvalue weighted by Gasteiger charge is 2.09. The van der Waals surface area contributed by atoms with Crippen molar-refractivity contribution in [1.82, 2.24) is 10.3 Å². The van der Waals surface area contributed by atoms with E-state index in [4.69, 9.17) is 4.42 Å². The fourth-order valence-electron chi connectivity index (χ4n) is 1.73. The summed E-state index contributed by atoms with van der Waals surface area (Å²) in [6.07, 6.45) is 5.46. The van der Waals surface area contributed by atoms with Crippen LogP contribution in [0.5, 0.6) is 0 Å². The highest BCUT2D eigenvalue weighted by Crippen LogP contribution is 2.24. The lowest BCUT2D eigenvalue weighted by atomic mass is 10.1. The largest absolute Gasteiger partial charge is 0.467 e. The van der Waals surface area contributed by atoms with Crippen molar-refractivity contribution < 1.29 is 4.42 Å². The summed E-state index contributed by atoms with van der Waals surface area (Å²) in [7, 11) is 0. The molecule has 0 atom stereocenters. The van der Waals surface area contributed by atoms with Crippen LogP contribution < -0.4 is 5.32 Å². The SMILES string of the molecule is Cc1cncc(-c2ccoc2CNC(C)C)c1. The van der Waals surface area contributed by atoms with E-state index < -0.39 is 0 Å². The number of aryl methyl sites for hydroxylation is 1. The fraction of sp³-hybridized carbons (Fsp3) is 0.357. The Labute approximate surface area is 102 Å². The smallest absolute Gasteiger partial charge is 0.125 e. The van der Waals surface area contributed by atoms with Gasteiger partial charge in [0, 0.05) is 29.6 Å². The Kier molecular flexibility index (Phi) is 3.59. The quantitative estimate of drug-likeness (QED) is 0.876. The minimum Gasteiger partial charge on any atom is -0.467 e. The second-order valence-electron chi connectivity index (χ2n) is 4.54. The lowest BCUT2D eigenvalue weighted by molar-refractivity contribution is 0.466. The number of nitrogens with one attached hydrogen (secondary N) is 1. The molecular formula is C14H18N2O. The molecule has 0 aliphatic rings. The Hall–Kier alpha value is -1.61. The zero-order valence-corrected chi connectivity index (χ0v) is 10.5. The average Bonchev–Trinajstić information content (AvgIpc) is 2.74. The van der Waals surface area contributed by atoms with Gasteiger partial charge < -0.3 is 9.73 Å². The molecule has 2 heterocycles. The molecule has 17 heavy (non-hydrogen) atoms. The molecule has 0 saturated carbocycles. The Morgan fingerprint density at radius 1 is 1.35 bits per heavy atom. The average molecular weight is 230 g/mol. The minimum atomic E-state index is 0.448. The number of aromatic nitrogens is 1. The van der Waals surface area contributed by atoms with E-state index in [-0.39, 0.29) is 0 Å². The van der Waals surface area contributed by atoms with E-state index in [1.54, 1.807) is 6.26 Å². The van der Waals surface area contributed by atoms with Crippen LogP contribution in [0.15, 0.2) is 35.2 Å². The van der Waals surface area contributed by atoms with Gasteiger partial charge in [-0.05, 0) is 24.6 Å². The molecule has 3 heteroatoms. The van der Waals surface area contributed by atoms with Crippen LogP contribution in [0.2, 0.25) is 0 Å². The fourth-order valence-corrected chi connectivity index (χ4v) is 1.73. The third-order valence-corrected chi connectivity index (χ3v) is 2.60. The van der Waals surface area contributed by atoms with E-state index in [0.29, 0.717) is 6.04 Å². The van der Waals surface area contributed by atoms with Gasteiger partial charge in [-0.3, -0.25) is 4.98 Å². The first-order valence-electron chi connectivity index (χ1n) is 5.88. The second-order valence-corrected chi connectivity index (χ2v) is 4.54. The molecule has 0 unspecified atom stereocenters. The summed E-state index contributed by atoms with van der Waals surface area (Å²) in [5, 5.41) is 3.36. The van der Waals surface area contributed by atoms with E-state index in [1.807, 2.05) is 25.4 Å². The predicted molar refractivity (Wildman–Crippen MR) is 68.7 cm³/mol. The van der Waals surface area contributed by atoms with Crippen molar-refractivity contribution in [3.63, 3.8) is 0 Å². The number of hydrogen-bond acceptors (Lipinski definition) is 3. The zero-order chi connectivity index (χ0) is 12.3. The first-order chi connectivity index (χ1) is 8.16. The molecule has 2 aromatic rings. The van der Waals surface area contributed by atoms with Gasteiger partial charge in [0.05, 0.1) is 12.8 Å². The van der Waals surface area contributed by atoms with Gasteiger partial charge in [-0.25, -0.2) is 0 Å². The van der Waals surface area contributed by atoms with Crippen molar-refractivity contribution in [3.8, 4) is 11.1 Å².